The molecule has 1 aromatic heterocycles. The molecule has 0 spiro atoms. The van der Waals surface area contributed by atoms with Crippen LogP contribution in [-0.4, -0.2) is 29.6 Å². The first-order valence-electron chi connectivity index (χ1n) is 8.04. The molecule has 0 saturated carbocycles. The number of hydrogen-bond donors (Lipinski definition) is 6. The summed E-state index contributed by atoms with van der Waals surface area (Å²) in [5.41, 5.74) is 6.96. The lowest BCUT2D eigenvalue weighted by Crippen LogP contribution is -2.15. The van der Waals surface area contributed by atoms with Crippen LogP contribution < -0.4 is 21.5 Å². The lowest BCUT2D eigenvalue weighted by Gasteiger charge is -2.08. The summed E-state index contributed by atoms with van der Waals surface area (Å²) < 4.78 is 22.6. The number of H-pyrrole nitrogens is 1. The van der Waals surface area contributed by atoms with Gasteiger partial charge in [-0.1, -0.05) is 12.1 Å². The largest absolute Gasteiger partial charge is 0.508 e. The van der Waals surface area contributed by atoms with Gasteiger partial charge in [-0.05, 0) is 42.0 Å². The van der Waals surface area contributed by atoms with E-state index in [1.165, 1.54) is 24.3 Å². The Labute approximate surface area is 160 Å². The fraction of sp³-hybridized carbons (Fsp3) is 0.0588. The summed E-state index contributed by atoms with van der Waals surface area (Å²) in [5, 5.41) is 27.1. The fourth-order valence-corrected chi connectivity index (χ4v) is 2.98. The van der Waals surface area contributed by atoms with Gasteiger partial charge in [0.05, 0.1) is 4.90 Å². The van der Waals surface area contributed by atoms with E-state index in [1.54, 1.807) is 24.3 Å². The second kappa shape index (κ2) is 7.58. The fourth-order valence-electron chi connectivity index (χ4n) is 2.47. The van der Waals surface area contributed by atoms with Crippen molar-refractivity contribution in [3.8, 4) is 5.75 Å². The molecule has 0 saturated heterocycles. The predicted octanol–water partition coefficient (Wildman–Crippen LogP) is 1.22. The highest BCUT2D eigenvalue weighted by Crippen LogP contribution is 2.25. The van der Waals surface area contributed by atoms with Gasteiger partial charge < -0.3 is 21.5 Å². The summed E-state index contributed by atoms with van der Waals surface area (Å²) in [6.45, 7) is 0.366. The average Bonchev–Trinajstić information content (AvgIpc) is 3.04. The number of aromatic amines is 1. The molecule has 28 heavy (non-hydrogen) atoms. The van der Waals surface area contributed by atoms with Gasteiger partial charge in [-0.15, -0.1) is 0 Å². The molecule has 2 aromatic carbocycles. The number of amides is 1. The van der Waals surface area contributed by atoms with E-state index in [0.717, 1.165) is 5.56 Å². The topological polar surface area (TPSA) is 176 Å². The van der Waals surface area contributed by atoms with Crippen LogP contribution in [0.4, 0.5) is 17.3 Å². The third-order valence-electron chi connectivity index (χ3n) is 3.86. The number of sulfonamides is 1. The van der Waals surface area contributed by atoms with Crippen molar-refractivity contribution in [1.29, 1.82) is 0 Å². The standard InChI is InChI=1S/C17H18N6O4S/c18-15(25)14-16(20-9-10-1-5-12(24)6-2-10)22-23-17(14)21-11-3-7-13(8-4-11)28(19,26)27/h1-8,24H,9H2,(H2,18,25)(H2,19,26,27)(H3,20,21,22,23). The van der Waals surface area contributed by atoms with Gasteiger partial charge in [0.2, 0.25) is 10.0 Å². The number of primary sulfonamides is 1. The van der Waals surface area contributed by atoms with Crippen molar-refractivity contribution in [2.24, 2.45) is 10.9 Å². The molecule has 0 aliphatic rings. The van der Waals surface area contributed by atoms with Crippen molar-refractivity contribution in [2.45, 2.75) is 11.4 Å². The van der Waals surface area contributed by atoms with Gasteiger partial charge in [-0.3, -0.25) is 9.89 Å². The molecule has 3 rings (SSSR count). The number of primary amides is 1. The van der Waals surface area contributed by atoms with Crippen LogP contribution in [0.3, 0.4) is 0 Å². The van der Waals surface area contributed by atoms with E-state index in [-0.39, 0.29) is 22.0 Å². The molecule has 0 fully saturated rings. The zero-order chi connectivity index (χ0) is 20.3. The van der Waals surface area contributed by atoms with Gasteiger partial charge in [0.25, 0.3) is 5.91 Å². The van der Waals surface area contributed by atoms with Crippen LogP contribution in [0.5, 0.6) is 5.75 Å². The summed E-state index contributed by atoms with van der Waals surface area (Å²) in [4.78, 5) is 11.9. The number of phenolic OH excluding ortho intramolecular Hbond substituents is 1. The van der Waals surface area contributed by atoms with E-state index in [0.29, 0.717) is 18.1 Å². The van der Waals surface area contributed by atoms with Crippen molar-refractivity contribution in [3.63, 3.8) is 0 Å². The first-order valence-corrected chi connectivity index (χ1v) is 9.58. The number of nitrogens with zero attached hydrogens (tertiary/aromatic N) is 1. The maximum absolute atomic E-state index is 11.9. The zero-order valence-corrected chi connectivity index (χ0v) is 15.3. The Kier molecular flexibility index (Phi) is 5.20. The highest BCUT2D eigenvalue weighted by Gasteiger charge is 2.19. The number of phenols is 1. The molecule has 3 aromatic rings. The van der Waals surface area contributed by atoms with Crippen LogP contribution in [0.1, 0.15) is 15.9 Å². The lowest BCUT2D eigenvalue weighted by atomic mass is 10.2. The maximum atomic E-state index is 11.9. The minimum Gasteiger partial charge on any atom is -0.508 e. The summed E-state index contributed by atoms with van der Waals surface area (Å²) >= 11 is 0. The normalized spacial score (nSPS) is 11.2. The predicted molar refractivity (Wildman–Crippen MR) is 104 cm³/mol. The number of aromatic nitrogens is 2. The molecule has 11 heteroatoms. The van der Waals surface area contributed by atoms with E-state index in [9.17, 15) is 18.3 Å². The number of carbonyl (C=O) groups excluding carboxylic acids is 1. The smallest absolute Gasteiger partial charge is 0.256 e. The number of rotatable bonds is 7. The number of aromatic hydroxyl groups is 1. The van der Waals surface area contributed by atoms with Gasteiger partial charge in [0.1, 0.15) is 17.1 Å². The van der Waals surface area contributed by atoms with E-state index in [2.05, 4.69) is 20.8 Å². The second-order valence-electron chi connectivity index (χ2n) is 5.90. The Morgan fingerprint density at radius 3 is 2.32 bits per heavy atom. The molecule has 146 valence electrons. The lowest BCUT2D eigenvalue weighted by molar-refractivity contribution is 0.100. The van der Waals surface area contributed by atoms with Gasteiger partial charge in [0, 0.05) is 12.2 Å². The van der Waals surface area contributed by atoms with Gasteiger partial charge in [-0.2, -0.15) is 5.10 Å². The maximum Gasteiger partial charge on any atom is 0.256 e. The van der Waals surface area contributed by atoms with Gasteiger partial charge in [-0.25, -0.2) is 13.6 Å². The SMILES string of the molecule is NC(=O)c1c(Nc2ccc(S(N)(=O)=O)cc2)n[nH]c1NCc1ccc(O)cc1. The number of carbonyl (C=O) groups is 1. The Balaban J connectivity index is 1.78. The van der Waals surface area contributed by atoms with Crippen LogP contribution in [0.2, 0.25) is 0 Å². The van der Waals surface area contributed by atoms with E-state index >= 15 is 0 Å². The number of nitrogens with one attached hydrogen (secondary N) is 3. The van der Waals surface area contributed by atoms with Crippen LogP contribution in [0.25, 0.3) is 0 Å². The van der Waals surface area contributed by atoms with Crippen molar-refractivity contribution in [1.82, 2.24) is 10.2 Å². The number of hydrogen-bond acceptors (Lipinski definition) is 7. The van der Waals surface area contributed by atoms with E-state index in [1.807, 2.05) is 0 Å². The first-order chi connectivity index (χ1) is 13.2. The summed E-state index contributed by atoms with van der Waals surface area (Å²) in [6.07, 6.45) is 0. The molecule has 8 N–H and O–H groups in total. The van der Waals surface area contributed by atoms with Crippen LogP contribution in [0.15, 0.2) is 53.4 Å². The molecule has 1 amide bonds. The molecule has 10 nitrogen and oxygen atoms in total. The Hall–Kier alpha value is -3.57. The number of benzene rings is 2. The quantitative estimate of drug-likeness (QED) is 0.344. The summed E-state index contributed by atoms with van der Waals surface area (Å²) in [5.74, 6) is -0.0399. The molecular formula is C17H18N6O4S. The van der Waals surface area contributed by atoms with Crippen molar-refractivity contribution in [3.05, 3.63) is 59.7 Å². The minimum atomic E-state index is -3.80. The minimum absolute atomic E-state index is 0.0357. The van der Waals surface area contributed by atoms with Crippen molar-refractivity contribution >= 4 is 33.3 Å². The average molecular weight is 402 g/mol. The Bertz CT molecular complexity index is 1090. The van der Waals surface area contributed by atoms with Crippen LogP contribution >= 0.6 is 0 Å². The molecular weight excluding hydrogens is 384 g/mol. The Morgan fingerprint density at radius 2 is 1.75 bits per heavy atom. The van der Waals surface area contributed by atoms with Crippen LogP contribution in [-0.2, 0) is 16.6 Å². The number of anilines is 3. The zero-order valence-electron chi connectivity index (χ0n) is 14.5. The molecule has 0 bridgehead atoms. The monoisotopic (exact) mass is 402 g/mol. The Morgan fingerprint density at radius 1 is 1.11 bits per heavy atom. The highest BCUT2D eigenvalue weighted by molar-refractivity contribution is 7.89. The molecule has 0 aliphatic heterocycles. The molecule has 0 unspecified atom stereocenters. The van der Waals surface area contributed by atoms with E-state index in [4.69, 9.17) is 10.9 Å². The molecule has 0 radical (unpaired) electrons. The molecule has 1 heterocycles. The third kappa shape index (κ3) is 4.39. The molecule has 0 atom stereocenters. The highest BCUT2D eigenvalue weighted by atomic mass is 32.2. The van der Waals surface area contributed by atoms with Crippen molar-refractivity contribution < 1.29 is 18.3 Å². The third-order valence-corrected chi connectivity index (χ3v) is 4.79. The van der Waals surface area contributed by atoms with Crippen molar-refractivity contribution in [2.75, 3.05) is 10.6 Å². The van der Waals surface area contributed by atoms with Crippen LogP contribution in [0, 0.1) is 0 Å². The summed E-state index contributed by atoms with van der Waals surface area (Å²) in [6, 6.07) is 12.2. The van der Waals surface area contributed by atoms with Gasteiger partial charge >= 0.3 is 0 Å². The second-order valence-corrected chi connectivity index (χ2v) is 7.46. The molecule has 0 aliphatic carbocycles. The first kappa shape index (κ1) is 19.2. The van der Waals surface area contributed by atoms with E-state index < -0.39 is 15.9 Å². The number of nitrogens with two attached hydrogens (primary N) is 2. The van der Waals surface area contributed by atoms with Gasteiger partial charge in [0.15, 0.2) is 5.82 Å². The summed E-state index contributed by atoms with van der Waals surface area (Å²) in [7, 11) is -3.80.